The summed E-state index contributed by atoms with van der Waals surface area (Å²) in [5.41, 5.74) is 7.11. The van der Waals surface area contributed by atoms with Crippen LogP contribution < -0.4 is 11.1 Å². The Balaban J connectivity index is 1.45. The molecule has 0 spiro atoms. The standard InChI is InChI=1S/C18H19ClN6O4/c19-10-4-2-1-3-9(10)18(28)24-11-6-29-12(15(27)14(11)26)5-25-8-23-17-13(25)16(20)21-7-22-17/h1-4,7-8,11-12,14-15,26-27H,5-6H2,(H,24,28)(H2,20,21,22)/t11-,12-,14+,15-/m1/s1. The minimum absolute atomic E-state index is 0.0116. The zero-order chi connectivity index (χ0) is 20.5. The van der Waals surface area contributed by atoms with Gasteiger partial charge >= 0.3 is 0 Å². The van der Waals surface area contributed by atoms with E-state index in [9.17, 15) is 15.0 Å². The number of nitrogens with two attached hydrogens (primary N) is 1. The van der Waals surface area contributed by atoms with E-state index in [1.165, 1.54) is 12.7 Å². The Morgan fingerprint density at radius 2 is 2.07 bits per heavy atom. The van der Waals surface area contributed by atoms with Crippen molar-refractivity contribution < 1.29 is 19.7 Å². The maximum atomic E-state index is 12.4. The van der Waals surface area contributed by atoms with Crippen LogP contribution in [0.2, 0.25) is 5.02 Å². The van der Waals surface area contributed by atoms with Crippen molar-refractivity contribution in [1.82, 2.24) is 24.8 Å². The molecule has 10 nitrogen and oxygen atoms in total. The van der Waals surface area contributed by atoms with E-state index >= 15 is 0 Å². The molecular formula is C18H19ClN6O4. The number of nitrogen functional groups attached to an aromatic ring is 1. The van der Waals surface area contributed by atoms with E-state index in [1.807, 2.05) is 0 Å². The van der Waals surface area contributed by atoms with Gasteiger partial charge in [0.1, 0.15) is 30.2 Å². The number of benzene rings is 1. The van der Waals surface area contributed by atoms with Crippen LogP contribution in [0, 0.1) is 0 Å². The second-order valence-electron chi connectivity index (χ2n) is 6.74. The fourth-order valence-corrected chi connectivity index (χ4v) is 3.55. The summed E-state index contributed by atoms with van der Waals surface area (Å²) in [5, 5.41) is 24.0. The summed E-state index contributed by atoms with van der Waals surface area (Å²) >= 11 is 6.03. The van der Waals surface area contributed by atoms with Crippen molar-refractivity contribution in [2.24, 2.45) is 0 Å². The van der Waals surface area contributed by atoms with Crippen molar-refractivity contribution in [1.29, 1.82) is 0 Å². The van der Waals surface area contributed by atoms with E-state index in [4.69, 9.17) is 22.1 Å². The predicted molar refractivity (Wildman–Crippen MR) is 104 cm³/mol. The highest BCUT2D eigenvalue weighted by atomic mass is 35.5. The number of aliphatic hydroxyl groups excluding tert-OH is 2. The summed E-state index contributed by atoms with van der Waals surface area (Å²) in [7, 11) is 0. The molecule has 4 rings (SSSR count). The molecule has 1 aliphatic heterocycles. The molecule has 0 saturated carbocycles. The quantitative estimate of drug-likeness (QED) is 0.462. The van der Waals surface area contributed by atoms with Crippen LogP contribution in [0.15, 0.2) is 36.9 Å². The number of rotatable bonds is 4. The van der Waals surface area contributed by atoms with Crippen molar-refractivity contribution in [3.63, 3.8) is 0 Å². The molecule has 1 aromatic carbocycles. The Hall–Kier alpha value is -2.79. The maximum Gasteiger partial charge on any atom is 0.253 e. The highest BCUT2D eigenvalue weighted by molar-refractivity contribution is 6.33. The monoisotopic (exact) mass is 418 g/mol. The summed E-state index contributed by atoms with van der Waals surface area (Å²) in [6, 6.07) is 5.77. The fourth-order valence-electron chi connectivity index (χ4n) is 3.33. The second kappa shape index (κ2) is 7.91. The van der Waals surface area contributed by atoms with Gasteiger partial charge < -0.3 is 30.6 Å². The van der Waals surface area contributed by atoms with Crippen LogP contribution in [-0.2, 0) is 11.3 Å². The first-order valence-corrected chi connectivity index (χ1v) is 9.28. The number of aliphatic hydroxyl groups is 2. The van der Waals surface area contributed by atoms with Gasteiger partial charge in [-0.05, 0) is 12.1 Å². The number of imidazole rings is 1. The summed E-state index contributed by atoms with van der Waals surface area (Å²) in [4.78, 5) is 24.6. The van der Waals surface area contributed by atoms with Crippen LogP contribution in [0.5, 0.6) is 0 Å². The van der Waals surface area contributed by atoms with E-state index in [1.54, 1.807) is 28.8 Å². The molecule has 5 N–H and O–H groups in total. The smallest absolute Gasteiger partial charge is 0.253 e. The first-order valence-electron chi connectivity index (χ1n) is 8.90. The van der Waals surface area contributed by atoms with Gasteiger partial charge in [0, 0.05) is 0 Å². The average molecular weight is 419 g/mol. The van der Waals surface area contributed by atoms with Crippen LogP contribution in [-0.4, -0.2) is 66.6 Å². The average Bonchev–Trinajstić information content (AvgIpc) is 3.12. The molecular weight excluding hydrogens is 400 g/mol. The number of ether oxygens (including phenoxy) is 1. The number of nitrogens with one attached hydrogen (secondary N) is 1. The zero-order valence-electron chi connectivity index (χ0n) is 15.1. The molecule has 4 atom stereocenters. The minimum Gasteiger partial charge on any atom is -0.388 e. The number of carbonyl (C=O) groups excluding carboxylic acids is 1. The number of halogens is 1. The van der Waals surface area contributed by atoms with Crippen LogP contribution in [0.25, 0.3) is 11.2 Å². The Labute approximate surface area is 170 Å². The van der Waals surface area contributed by atoms with Crippen molar-refractivity contribution in [2.45, 2.75) is 30.9 Å². The first kappa shape index (κ1) is 19.5. The normalized spacial score (nSPS) is 24.5. The molecule has 1 amide bonds. The van der Waals surface area contributed by atoms with E-state index in [0.717, 1.165) is 0 Å². The third kappa shape index (κ3) is 3.75. The Kier molecular flexibility index (Phi) is 5.33. The zero-order valence-corrected chi connectivity index (χ0v) is 15.9. The third-order valence-corrected chi connectivity index (χ3v) is 5.21. The van der Waals surface area contributed by atoms with Gasteiger partial charge in [-0.2, -0.15) is 0 Å². The van der Waals surface area contributed by atoms with E-state index in [2.05, 4.69) is 20.3 Å². The van der Waals surface area contributed by atoms with E-state index < -0.39 is 30.3 Å². The Morgan fingerprint density at radius 1 is 1.28 bits per heavy atom. The fraction of sp³-hybridized carbons (Fsp3) is 0.333. The molecule has 152 valence electrons. The van der Waals surface area contributed by atoms with Crippen LogP contribution >= 0.6 is 11.6 Å². The number of fused-ring (bicyclic) bond motifs is 1. The molecule has 1 fully saturated rings. The molecule has 3 heterocycles. The third-order valence-electron chi connectivity index (χ3n) is 4.88. The van der Waals surface area contributed by atoms with Crippen molar-refractivity contribution in [3.8, 4) is 0 Å². The number of amides is 1. The van der Waals surface area contributed by atoms with E-state index in [0.29, 0.717) is 16.2 Å². The van der Waals surface area contributed by atoms with E-state index in [-0.39, 0.29) is 24.5 Å². The van der Waals surface area contributed by atoms with Gasteiger partial charge in [-0.25, -0.2) is 15.0 Å². The number of aromatic nitrogens is 4. The lowest BCUT2D eigenvalue weighted by molar-refractivity contribution is -0.152. The molecule has 0 bridgehead atoms. The molecule has 3 aromatic rings. The van der Waals surface area contributed by atoms with Crippen LogP contribution in [0.3, 0.4) is 0 Å². The molecule has 0 aliphatic carbocycles. The van der Waals surface area contributed by atoms with Crippen molar-refractivity contribution in [3.05, 3.63) is 47.5 Å². The lowest BCUT2D eigenvalue weighted by Gasteiger charge is -2.38. The molecule has 2 aromatic heterocycles. The molecule has 11 heteroatoms. The van der Waals surface area contributed by atoms with Gasteiger partial charge in [-0.1, -0.05) is 23.7 Å². The van der Waals surface area contributed by atoms with Gasteiger partial charge in [0.25, 0.3) is 5.91 Å². The summed E-state index contributed by atoms with van der Waals surface area (Å²) in [5.74, 6) is -0.206. The lowest BCUT2D eigenvalue weighted by atomic mass is 9.97. The van der Waals surface area contributed by atoms with Crippen LogP contribution in [0.4, 0.5) is 5.82 Å². The second-order valence-corrected chi connectivity index (χ2v) is 7.15. The highest BCUT2D eigenvalue weighted by Crippen LogP contribution is 2.22. The number of anilines is 1. The lowest BCUT2D eigenvalue weighted by Crippen LogP contribution is -2.59. The highest BCUT2D eigenvalue weighted by Gasteiger charge is 2.39. The predicted octanol–water partition coefficient (Wildman–Crippen LogP) is -0.0189. The summed E-state index contributed by atoms with van der Waals surface area (Å²) in [6.07, 6.45) is -0.386. The Bertz CT molecular complexity index is 1040. The first-order chi connectivity index (χ1) is 14.0. The topological polar surface area (TPSA) is 148 Å². The van der Waals surface area contributed by atoms with Crippen molar-refractivity contribution in [2.75, 3.05) is 12.3 Å². The van der Waals surface area contributed by atoms with Gasteiger partial charge in [-0.3, -0.25) is 4.79 Å². The van der Waals surface area contributed by atoms with Crippen molar-refractivity contribution >= 4 is 34.5 Å². The number of hydrogen-bond donors (Lipinski definition) is 4. The maximum absolute atomic E-state index is 12.4. The number of hydrogen-bond acceptors (Lipinski definition) is 8. The molecule has 1 aliphatic rings. The number of carbonyl (C=O) groups is 1. The van der Waals surface area contributed by atoms with Gasteiger partial charge in [0.2, 0.25) is 0 Å². The van der Waals surface area contributed by atoms with Crippen LogP contribution in [0.1, 0.15) is 10.4 Å². The Morgan fingerprint density at radius 3 is 2.86 bits per heavy atom. The molecule has 0 unspecified atom stereocenters. The largest absolute Gasteiger partial charge is 0.388 e. The minimum atomic E-state index is -1.25. The van der Waals surface area contributed by atoms with Gasteiger partial charge in [0.15, 0.2) is 11.5 Å². The SMILES string of the molecule is Nc1ncnc2ncn(C[C@H]3OC[C@@H](NC(=O)c4ccccc4Cl)[C@H](O)[C@@H]3O)c12. The summed E-state index contributed by atoms with van der Waals surface area (Å²) < 4.78 is 7.38. The van der Waals surface area contributed by atoms with Gasteiger partial charge in [0.05, 0.1) is 36.1 Å². The van der Waals surface area contributed by atoms with Gasteiger partial charge in [-0.15, -0.1) is 0 Å². The number of nitrogens with zero attached hydrogens (tertiary/aromatic N) is 4. The summed E-state index contributed by atoms with van der Waals surface area (Å²) in [6.45, 7) is 0.190. The molecule has 29 heavy (non-hydrogen) atoms. The molecule has 1 saturated heterocycles. The molecule has 0 radical (unpaired) electrons.